The Bertz CT molecular complexity index is 760. The van der Waals surface area contributed by atoms with Crippen molar-refractivity contribution in [3.8, 4) is 5.75 Å². The van der Waals surface area contributed by atoms with E-state index in [1.807, 2.05) is 24.3 Å². The average Bonchev–Trinajstić information content (AvgIpc) is 2.45. The van der Waals surface area contributed by atoms with Gasteiger partial charge in [0.2, 0.25) is 0 Å². The first-order valence-electron chi connectivity index (χ1n) is 7.11. The van der Waals surface area contributed by atoms with Gasteiger partial charge >= 0.3 is 0 Å². The monoisotopic (exact) mass is 353 g/mol. The van der Waals surface area contributed by atoms with E-state index in [1.54, 1.807) is 0 Å². The minimum absolute atomic E-state index is 0.0310. The number of hydrogen-bond acceptors (Lipinski definition) is 3. The first-order valence-corrected chi connectivity index (χ1v) is 7.87. The van der Waals surface area contributed by atoms with Gasteiger partial charge in [-0.3, -0.25) is 4.79 Å². The summed E-state index contributed by atoms with van der Waals surface area (Å²) in [4.78, 5) is 13.4. The van der Waals surface area contributed by atoms with Crippen LogP contribution in [-0.4, -0.2) is 25.0 Å². The summed E-state index contributed by atoms with van der Waals surface area (Å²) >= 11 is 12.0. The van der Waals surface area contributed by atoms with Gasteiger partial charge < -0.3 is 9.64 Å². The molecule has 0 saturated carbocycles. The Morgan fingerprint density at radius 2 is 2.00 bits per heavy atom. The van der Waals surface area contributed by atoms with Gasteiger partial charge in [-0.25, -0.2) is 4.39 Å². The molecule has 120 valence electrons. The second kappa shape index (κ2) is 6.38. The third-order valence-electron chi connectivity index (χ3n) is 3.72. The van der Waals surface area contributed by atoms with E-state index in [0.717, 1.165) is 5.69 Å². The smallest absolute Gasteiger partial charge is 0.162 e. The van der Waals surface area contributed by atoms with Gasteiger partial charge in [0.25, 0.3) is 0 Å². The highest BCUT2D eigenvalue weighted by Gasteiger charge is 2.29. The Morgan fingerprint density at radius 1 is 1.26 bits per heavy atom. The fourth-order valence-electron chi connectivity index (χ4n) is 2.46. The fourth-order valence-corrected chi connectivity index (χ4v) is 2.86. The predicted octanol–water partition coefficient (Wildman–Crippen LogP) is 4.60. The van der Waals surface area contributed by atoms with Gasteiger partial charge in [-0.05, 0) is 31.2 Å². The summed E-state index contributed by atoms with van der Waals surface area (Å²) < 4.78 is 19.6. The number of carbonyl (C=O) groups excluding carboxylic acids is 1. The van der Waals surface area contributed by atoms with Crippen molar-refractivity contribution in [2.75, 3.05) is 18.0 Å². The topological polar surface area (TPSA) is 29.5 Å². The van der Waals surface area contributed by atoms with E-state index in [0.29, 0.717) is 18.1 Å². The number of halogens is 3. The van der Waals surface area contributed by atoms with Gasteiger partial charge in [-0.1, -0.05) is 29.3 Å². The number of ether oxygens (including phenoxy) is 1. The van der Waals surface area contributed by atoms with E-state index in [-0.39, 0.29) is 28.2 Å². The van der Waals surface area contributed by atoms with E-state index < -0.39 is 5.82 Å². The Hall–Kier alpha value is -1.78. The molecule has 0 N–H and O–H groups in total. The third kappa shape index (κ3) is 3.43. The molecule has 0 spiro atoms. The summed E-state index contributed by atoms with van der Waals surface area (Å²) in [5.74, 6) is -0.737. The maximum Gasteiger partial charge on any atom is 0.162 e. The number of benzene rings is 2. The highest BCUT2D eigenvalue weighted by molar-refractivity contribution is 6.32. The molecule has 3 nitrogen and oxygen atoms in total. The molecule has 1 fully saturated rings. The number of anilines is 1. The summed E-state index contributed by atoms with van der Waals surface area (Å²) in [5, 5.41) is 0.912. The van der Waals surface area contributed by atoms with Crippen LogP contribution in [0, 0.1) is 5.82 Å². The molecule has 2 aromatic rings. The molecule has 3 rings (SSSR count). The lowest BCUT2D eigenvalue weighted by Gasteiger charge is -2.40. The Labute approximate surface area is 143 Å². The highest BCUT2D eigenvalue weighted by atomic mass is 35.5. The zero-order valence-electron chi connectivity index (χ0n) is 12.4. The summed E-state index contributed by atoms with van der Waals surface area (Å²) in [7, 11) is 0. The molecule has 1 heterocycles. The summed E-state index contributed by atoms with van der Waals surface area (Å²) in [6.45, 7) is 2.61. The van der Waals surface area contributed by atoms with Gasteiger partial charge in [0.15, 0.2) is 5.78 Å². The molecule has 6 heteroatoms. The van der Waals surface area contributed by atoms with Gasteiger partial charge in [0, 0.05) is 16.8 Å². The molecular weight excluding hydrogens is 340 g/mol. The van der Waals surface area contributed by atoms with Gasteiger partial charge in [0.1, 0.15) is 17.7 Å². The SMILES string of the molecule is CC(=O)c1cc(Cl)c(OC2CN(c3cccc(Cl)c3)C2)cc1F. The van der Waals surface area contributed by atoms with Crippen molar-refractivity contribution in [3.05, 3.63) is 57.8 Å². The van der Waals surface area contributed by atoms with Gasteiger partial charge in [-0.2, -0.15) is 0 Å². The summed E-state index contributed by atoms with van der Waals surface area (Å²) in [6.07, 6.45) is -0.0888. The van der Waals surface area contributed by atoms with Crippen molar-refractivity contribution in [1.29, 1.82) is 0 Å². The first-order chi connectivity index (χ1) is 10.9. The van der Waals surface area contributed by atoms with Gasteiger partial charge in [-0.15, -0.1) is 0 Å². The number of nitrogens with zero attached hydrogens (tertiary/aromatic N) is 1. The summed E-state index contributed by atoms with van der Waals surface area (Å²) in [5.41, 5.74) is 0.984. The van der Waals surface area contributed by atoms with Crippen LogP contribution in [0.3, 0.4) is 0 Å². The number of Topliss-reactive ketones (excluding diaryl/α,β-unsaturated/α-hetero) is 1. The van der Waals surface area contributed by atoms with Crippen molar-refractivity contribution in [2.24, 2.45) is 0 Å². The van der Waals surface area contributed by atoms with Crippen molar-refractivity contribution in [2.45, 2.75) is 13.0 Å². The van der Waals surface area contributed by atoms with Crippen LogP contribution >= 0.6 is 23.2 Å². The van der Waals surface area contributed by atoms with Crippen LogP contribution in [-0.2, 0) is 0 Å². The second-order valence-corrected chi connectivity index (χ2v) is 6.29. The molecule has 0 unspecified atom stereocenters. The van der Waals surface area contributed by atoms with Gasteiger partial charge in [0.05, 0.1) is 23.7 Å². The van der Waals surface area contributed by atoms with Crippen LogP contribution in [0.15, 0.2) is 36.4 Å². The van der Waals surface area contributed by atoms with E-state index in [9.17, 15) is 9.18 Å². The fraction of sp³-hybridized carbons (Fsp3) is 0.235. The highest BCUT2D eigenvalue weighted by Crippen LogP contribution is 2.32. The van der Waals surface area contributed by atoms with Crippen molar-refractivity contribution in [3.63, 3.8) is 0 Å². The zero-order chi connectivity index (χ0) is 16.6. The molecule has 2 aromatic carbocycles. The molecule has 0 amide bonds. The zero-order valence-corrected chi connectivity index (χ0v) is 13.9. The van der Waals surface area contributed by atoms with E-state index in [4.69, 9.17) is 27.9 Å². The standard InChI is InChI=1S/C17H14Cl2FNO2/c1-10(22)14-6-15(19)17(7-16(14)20)23-13-8-21(9-13)12-4-2-3-11(18)5-12/h2-7,13H,8-9H2,1H3. The minimum atomic E-state index is -0.622. The van der Waals surface area contributed by atoms with Crippen LogP contribution in [0.25, 0.3) is 0 Å². The van der Waals surface area contributed by atoms with Crippen molar-refractivity contribution in [1.82, 2.24) is 0 Å². The molecule has 1 aliphatic rings. The van der Waals surface area contributed by atoms with Crippen molar-refractivity contribution >= 4 is 34.7 Å². The molecule has 0 radical (unpaired) electrons. The third-order valence-corrected chi connectivity index (χ3v) is 4.25. The number of carbonyl (C=O) groups is 1. The second-order valence-electron chi connectivity index (χ2n) is 5.44. The molecule has 23 heavy (non-hydrogen) atoms. The Kier molecular flexibility index (Phi) is 4.46. The van der Waals surface area contributed by atoms with Crippen LogP contribution in [0.5, 0.6) is 5.75 Å². The van der Waals surface area contributed by atoms with Crippen LogP contribution < -0.4 is 9.64 Å². The Balaban J connectivity index is 1.66. The lowest BCUT2D eigenvalue weighted by molar-refractivity contribution is 0.101. The molecular formula is C17H14Cl2FNO2. The average molecular weight is 354 g/mol. The first kappa shape index (κ1) is 16.1. The normalized spacial score (nSPS) is 14.5. The molecule has 1 aliphatic heterocycles. The van der Waals surface area contributed by atoms with Crippen LogP contribution in [0.2, 0.25) is 10.0 Å². The largest absolute Gasteiger partial charge is 0.485 e. The lowest BCUT2D eigenvalue weighted by atomic mass is 10.1. The van der Waals surface area contributed by atoms with E-state index in [1.165, 1.54) is 19.1 Å². The quantitative estimate of drug-likeness (QED) is 0.752. The predicted molar refractivity (Wildman–Crippen MR) is 89.5 cm³/mol. The van der Waals surface area contributed by atoms with Crippen LogP contribution in [0.1, 0.15) is 17.3 Å². The van der Waals surface area contributed by atoms with E-state index >= 15 is 0 Å². The molecule has 0 atom stereocenters. The minimum Gasteiger partial charge on any atom is -0.485 e. The molecule has 1 saturated heterocycles. The number of ketones is 1. The summed E-state index contributed by atoms with van der Waals surface area (Å²) in [6, 6.07) is 10.0. The Morgan fingerprint density at radius 3 is 2.65 bits per heavy atom. The molecule has 0 aliphatic carbocycles. The van der Waals surface area contributed by atoms with Crippen molar-refractivity contribution < 1.29 is 13.9 Å². The maximum absolute atomic E-state index is 13.9. The maximum atomic E-state index is 13.9. The number of rotatable bonds is 4. The lowest BCUT2D eigenvalue weighted by Crippen LogP contribution is -2.54. The van der Waals surface area contributed by atoms with E-state index in [2.05, 4.69) is 4.90 Å². The molecule has 0 aromatic heterocycles. The van der Waals surface area contributed by atoms with Crippen LogP contribution in [0.4, 0.5) is 10.1 Å². The number of hydrogen-bond donors (Lipinski definition) is 0. The molecule has 0 bridgehead atoms.